The topological polar surface area (TPSA) is 9.23 Å². The van der Waals surface area contributed by atoms with Crippen LogP contribution >= 0.6 is 0 Å². The predicted molar refractivity (Wildman–Crippen MR) is 89.0 cm³/mol. The molecular formula is C20H26O. The van der Waals surface area contributed by atoms with Crippen molar-refractivity contribution in [3.63, 3.8) is 0 Å². The van der Waals surface area contributed by atoms with Crippen LogP contribution in [0, 0.1) is 11.8 Å². The predicted octanol–water partition coefficient (Wildman–Crippen LogP) is 5.44. The van der Waals surface area contributed by atoms with E-state index in [0.717, 1.165) is 12.8 Å². The number of hydrogen-bond acceptors (Lipinski definition) is 1. The lowest BCUT2D eigenvalue weighted by molar-refractivity contribution is 0.0849. The average molecular weight is 282 g/mol. The molecule has 0 amide bonds. The van der Waals surface area contributed by atoms with E-state index >= 15 is 0 Å². The van der Waals surface area contributed by atoms with Crippen LogP contribution in [0.3, 0.4) is 0 Å². The van der Waals surface area contributed by atoms with E-state index in [1.54, 1.807) is 6.26 Å². The summed E-state index contributed by atoms with van der Waals surface area (Å²) in [5.74, 6) is 6.73. The molecule has 1 aliphatic carbocycles. The molecule has 0 N–H and O–H groups in total. The Morgan fingerprint density at radius 2 is 2.00 bits per heavy atom. The maximum atomic E-state index is 5.97. The molecule has 0 aromatic heterocycles. The van der Waals surface area contributed by atoms with Crippen LogP contribution in [0.15, 0.2) is 42.7 Å². The van der Waals surface area contributed by atoms with Gasteiger partial charge in [-0.25, -0.2) is 0 Å². The summed E-state index contributed by atoms with van der Waals surface area (Å²) in [6.07, 6.45) is 12.3. The molecule has 1 heteroatoms. The molecule has 21 heavy (non-hydrogen) atoms. The lowest BCUT2D eigenvalue weighted by atomic mass is 9.81. The first-order chi connectivity index (χ1) is 10.4. The Bertz CT molecular complexity index is 478. The van der Waals surface area contributed by atoms with Crippen LogP contribution in [-0.2, 0) is 4.74 Å². The van der Waals surface area contributed by atoms with Crippen molar-refractivity contribution < 1.29 is 4.74 Å². The van der Waals surface area contributed by atoms with E-state index in [1.165, 1.54) is 37.7 Å². The van der Waals surface area contributed by atoms with Crippen LogP contribution < -0.4 is 0 Å². The monoisotopic (exact) mass is 282 g/mol. The fourth-order valence-corrected chi connectivity index (χ4v) is 2.91. The zero-order chi connectivity index (χ0) is 14.8. The first-order valence-corrected chi connectivity index (χ1v) is 8.25. The second-order valence-electron chi connectivity index (χ2n) is 5.70. The minimum absolute atomic E-state index is 0.301. The van der Waals surface area contributed by atoms with Gasteiger partial charge in [-0.2, -0.15) is 0 Å². The fourth-order valence-electron chi connectivity index (χ4n) is 2.91. The van der Waals surface area contributed by atoms with Gasteiger partial charge in [0.05, 0.1) is 6.26 Å². The van der Waals surface area contributed by atoms with Crippen molar-refractivity contribution in [2.75, 3.05) is 0 Å². The lowest BCUT2D eigenvalue weighted by Gasteiger charge is -2.31. The summed E-state index contributed by atoms with van der Waals surface area (Å²) >= 11 is 0. The highest BCUT2D eigenvalue weighted by Crippen LogP contribution is 2.34. The summed E-state index contributed by atoms with van der Waals surface area (Å²) in [5, 5.41) is 0. The van der Waals surface area contributed by atoms with Crippen LogP contribution in [0.2, 0.25) is 0 Å². The standard InChI is InChI=1S/C20H26O/c1-2-3-4-5-6-12-17-21-20-16-11-10-15-19(20)18-13-8-7-9-14-18/h7-9,12-14,17,19-20H,2-4,10-11,15-16H2,1H3/b17-12-/t19-,20+/m1/s1. The molecule has 112 valence electrons. The van der Waals surface area contributed by atoms with E-state index in [9.17, 15) is 0 Å². The van der Waals surface area contributed by atoms with E-state index in [2.05, 4.69) is 49.1 Å². The van der Waals surface area contributed by atoms with Gasteiger partial charge >= 0.3 is 0 Å². The Labute approximate surface area is 129 Å². The molecule has 1 nitrogen and oxygen atoms in total. The van der Waals surface area contributed by atoms with E-state index in [0.29, 0.717) is 12.0 Å². The molecule has 1 saturated carbocycles. The Kier molecular flexibility index (Phi) is 6.95. The van der Waals surface area contributed by atoms with Gasteiger partial charge in [-0.1, -0.05) is 61.9 Å². The summed E-state index contributed by atoms with van der Waals surface area (Å²) in [7, 11) is 0. The van der Waals surface area contributed by atoms with Crippen LogP contribution in [-0.4, -0.2) is 6.10 Å². The number of hydrogen-bond donors (Lipinski definition) is 0. The normalized spacial score (nSPS) is 21.8. The second kappa shape index (κ2) is 9.29. The molecule has 0 aliphatic heterocycles. The molecule has 0 unspecified atom stereocenters. The fraction of sp³-hybridized carbons (Fsp3) is 0.500. The molecule has 1 aromatic carbocycles. The molecule has 0 spiro atoms. The smallest absolute Gasteiger partial charge is 0.105 e. The SMILES string of the molecule is CCCCC#C/C=C\O[C@H]1CCCC[C@@H]1c1ccccc1. The summed E-state index contributed by atoms with van der Waals surface area (Å²) in [5.41, 5.74) is 1.41. The molecular weight excluding hydrogens is 256 g/mol. The Morgan fingerprint density at radius 1 is 1.19 bits per heavy atom. The molecule has 0 bridgehead atoms. The Balaban J connectivity index is 1.87. The highest BCUT2D eigenvalue weighted by atomic mass is 16.5. The first-order valence-electron chi connectivity index (χ1n) is 8.25. The molecule has 0 saturated heterocycles. The average Bonchev–Trinajstić information content (AvgIpc) is 2.55. The number of benzene rings is 1. The summed E-state index contributed by atoms with van der Waals surface area (Å²) < 4.78 is 5.97. The van der Waals surface area contributed by atoms with E-state index in [4.69, 9.17) is 4.74 Å². The van der Waals surface area contributed by atoms with Gasteiger partial charge in [0.25, 0.3) is 0 Å². The minimum atomic E-state index is 0.301. The molecule has 1 aromatic rings. The summed E-state index contributed by atoms with van der Waals surface area (Å²) in [6, 6.07) is 10.8. The van der Waals surface area contributed by atoms with Crippen molar-refractivity contribution in [3.05, 3.63) is 48.2 Å². The van der Waals surface area contributed by atoms with Gasteiger partial charge in [0.2, 0.25) is 0 Å². The molecule has 1 aliphatic rings. The zero-order valence-electron chi connectivity index (χ0n) is 13.1. The third kappa shape index (κ3) is 5.31. The van der Waals surface area contributed by atoms with Gasteiger partial charge in [-0.05, 0) is 31.2 Å². The first kappa shape index (κ1) is 15.7. The lowest BCUT2D eigenvalue weighted by Crippen LogP contribution is -2.24. The highest BCUT2D eigenvalue weighted by Gasteiger charge is 2.26. The van der Waals surface area contributed by atoms with Crippen LogP contribution in [0.4, 0.5) is 0 Å². The molecule has 0 radical (unpaired) electrons. The van der Waals surface area contributed by atoms with Crippen molar-refractivity contribution >= 4 is 0 Å². The maximum Gasteiger partial charge on any atom is 0.105 e. The number of allylic oxidation sites excluding steroid dienone is 1. The number of unbranched alkanes of at least 4 members (excludes halogenated alkanes) is 2. The van der Waals surface area contributed by atoms with Gasteiger partial charge < -0.3 is 4.74 Å². The van der Waals surface area contributed by atoms with E-state index in [1.807, 2.05) is 6.08 Å². The quantitative estimate of drug-likeness (QED) is 0.397. The zero-order valence-corrected chi connectivity index (χ0v) is 13.1. The van der Waals surface area contributed by atoms with Gasteiger partial charge in [0.15, 0.2) is 0 Å². The van der Waals surface area contributed by atoms with Crippen molar-refractivity contribution in [2.45, 2.75) is 63.9 Å². The highest BCUT2D eigenvalue weighted by molar-refractivity contribution is 5.21. The Morgan fingerprint density at radius 3 is 2.81 bits per heavy atom. The molecule has 2 rings (SSSR count). The largest absolute Gasteiger partial charge is 0.497 e. The van der Waals surface area contributed by atoms with Gasteiger partial charge in [0.1, 0.15) is 6.10 Å². The van der Waals surface area contributed by atoms with E-state index in [-0.39, 0.29) is 0 Å². The third-order valence-corrected chi connectivity index (χ3v) is 4.09. The molecule has 1 fully saturated rings. The summed E-state index contributed by atoms with van der Waals surface area (Å²) in [4.78, 5) is 0. The second-order valence-corrected chi connectivity index (χ2v) is 5.70. The van der Waals surface area contributed by atoms with Crippen molar-refractivity contribution in [2.24, 2.45) is 0 Å². The van der Waals surface area contributed by atoms with E-state index < -0.39 is 0 Å². The molecule has 0 heterocycles. The van der Waals surface area contributed by atoms with Gasteiger partial charge in [0, 0.05) is 18.4 Å². The number of rotatable bonds is 5. The van der Waals surface area contributed by atoms with Gasteiger partial charge in [-0.3, -0.25) is 0 Å². The van der Waals surface area contributed by atoms with Crippen molar-refractivity contribution in [3.8, 4) is 11.8 Å². The minimum Gasteiger partial charge on any atom is -0.497 e. The Hall–Kier alpha value is -1.68. The van der Waals surface area contributed by atoms with Crippen LogP contribution in [0.1, 0.15) is 63.4 Å². The summed E-state index contributed by atoms with van der Waals surface area (Å²) in [6.45, 7) is 2.19. The van der Waals surface area contributed by atoms with Crippen LogP contribution in [0.25, 0.3) is 0 Å². The third-order valence-electron chi connectivity index (χ3n) is 4.09. The molecule has 2 atom stereocenters. The van der Waals surface area contributed by atoms with Crippen molar-refractivity contribution in [1.29, 1.82) is 0 Å². The maximum absolute atomic E-state index is 5.97. The van der Waals surface area contributed by atoms with Crippen molar-refractivity contribution in [1.82, 2.24) is 0 Å². The van der Waals surface area contributed by atoms with Crippen LogP contribution in [0.5, 0.6) is 0 Å². The number of ether oxygens (including phenoxy) is 1. The van der Waals surface area contributed by atoms with Gasteiger partial charge in [-0.15, -0.1) is 0 Å².